The molecule has 0 aromatic carbocycles. The molecule has 0 N–H and O–H groups in total. The zero-order valence-corrected chi connectivity index (χ0v) is 6.26. The minimum Gasteiger partial charge on any atom is -0.333 e. The van der Waals surface area contributed by atoms with Gasteiger partial charge in [0.15, 0.2) is 0 Å². The third kappa shape index (κ3) is 0.937. The third-order valence-corrected chi connectivity index (χ3v) is 1.79. The molecule has 0 aromatic rings. The Balaban J connectivity index is 2.74. The molecule has 10 heavy (non-hydrogen) atoms. The van der Waals surface area contributed by atoms with E-state index in [4.69, 9.17) is 0 Å². The summed E-state index contributed by atoms with van der Waals surface area (Å²) in [4.78, 5) is 23.3. The fraction of sp³-hybridized carbons (Fsp3) is 0.667. The van der Waals surface area contributed by atoms with Gasteiger partial charge in [-0.15, -0.1) is 0 Å². The predicted octanol–water partition coefficient (Wildman–Crippen LogP) is -0.219. The van der Waals surface area contributed by atoms with Gasteiger partial charge in [-0.1, -0.05) is 13.7 Å². The number of hydrogen-bond donors (Lipinski definition) is 0. The number of amides is 2. The topological polar surface area (TPSA) is 37.4 Å². The van der Waals surface area contributed by atoms with E-state index in [9.17, 15) is 9.59 Å². The van der Waals surface area contributed by atoms with Gasteiger partial charge in [-0.2, -0.15) is 0 Å². The Labute approximate surface area is 60.7 Å². The van der Waals surface area contributed by atoms with Crippen molar-refractivity contribution in [3.63, 3.8) is 0 Å². The number of carbonyl (C=O) groups is 2. The largest absolute Gasteiger partial charge is 0.333 e. The molecule has 0 aliphatic carbocycles. The van der Waals surface area contributed by atoms with Crippen molar-refractivity contribution in [1.29, 1.82) is 0 Å². The van der Waals surface area contributed by atoms with Crippen LogP contribution in [0.4, 0.5) is 0 Å². The molecule has 2 amide bonds. The lowest BCUT2D eigenvalue weighted by Crippen LogP contribution is -2.32. The van der Waals surface area contributed by atoms with E-state index in [1.165, 1.54) is 4.81 Å². The molecule has 1 unspecified atom stereocenters. The maximum absolute atomic E-state index is 11.1. The molecule has 3 nitrogen and oxygen atoms in total. The summed E-state index contributed by atoms with van der Waals surface area (Å²) < 4.78 is 0. The highest BCUT2D eigenvalue weighted by atomic mass is 16.2. The van der Waals surface area contributed by atoms with E-state index in [0.717, 1.165) is 0 Å². The second-order valence-corrected chi connectivity index (χ2v) is 2.58. The van der Waals surface area contributed by atoms with Gasteiger partial charge in [0, 0.05) is 12.3 Å². The van der Waals surface area contributed by atoms with E-state index in [1.807, 2.05) is 6.82 Å². The van der Waals surface area contributed by atoms with Crippen molar-refractivity contribution in [2.24, 2.45) is 5.92 Å². The van der Waals surface area contributed by atoms with Crippen LogP contribution in [0.15, 0.2) is 0 Å². The number of hydrogen-bond acceptors (Lipinski definition) is 2. The minimum atomic E-state index is -0.0903. The smallest absolute Gasteiger partial charge is 0.246 e. The lowest BCUT2D eigenvalue weighted by molar-refractivity contribution is -0.133. The first-order valence-electron chi connectivity index (χ1n) is 3.51. The van der Waals surface area contributed by atoms with Crippen molar-refractivity contribution in [2.75, 3.05) is 0 Å². The second kappa shape index (κ2) is 2.44. The summed E-state index contributed by atoms with van der Waals surface area (Å²) >= 11 is 0. The van der Waals surface area contributed by atoms with Crippen LogP contribution in [0.1, 0.15) is 13.3 Å². The third-order valence-electron chi connectivity index (χ3n) is 1.79. The Morgan fingerprint density at radius 1 is 1.60 bits per heavy atom. The fourth-order valence-corrected chi connectivity index (χ4v) is 1.18. The Morgan fingerprint density at radius 2 is 2.20 bits per heavy atom. The zero-order chi connectivity index (χ0) is 7.72. The van der Waals surface area contributed by atoms with E-state index in [0.29, 0.717) is 13.8 Å². The maximum atomic E-state index is 11.1. The average molecular weight is 139 g/mol. The first kappa shape index (κ1) is 7.31. The maximum Gasteiger partial charge on any atom is 0.246 e. The Morgan fingerprint density at radius 3 is 2.40 bits per heavy atom. The Kier molecular flexibility index (Phi) is 1.79. The normalized spacial score (nSPS) is 25.8. The van der Waals surface area contributed by atoms with Gasteiger partial charge >= 0.3 is 0 Å². The summed E-state index contributed by atoms with van der Waals surface area (Å²) in [6.45, 7) is 3.60. The molecule has 1 saturated heterocycles. The van der Waals surface area contributed by atoms with Gasteiger partial charge < -0.3 is 4.81 Å². The van der Waals surface area contributed by atoms with Crippen LogP contribution in [0.5, 0.6) is 0 Å². The van der Waals surface area contributed by atoms with Crippen LogP contribution >= 0.6 is 0 Å². The van der Waals surface area contributed by atoms with Crippen molar-refractivity contribution < 1.29 is 9.59 Å². The molecule has 0 aromatic heterocycles. The van der Waals surface area contributed by atoms with Crippen LogP contribution < -0.4 is 0 Å². The molecule has 1 aliphatic heterocycles. The average Bonchev–Trinajstić information content (AvgIpc) is 2.09. The summed E-state index contributed by atoms with van der Waals surface area (Å²) in [7, 11) is 0.516. The van der Waals surface area contributed by atoms with Crippen molar-refractivity contribution in [1.82, 2.24) is 4.81 Å². The number of imide groups is 1. The molecule has 1 fully saturated rings. The molecular weight excluding hydrogens is 129 g/mol. The second-order valence-electron chi connectivity index (χ2n) is 2.58. The summed E-state index contributed by atoms with van der Waals surface area (Å²) in [5, 5.41) is 0. The molecular formula is C6H10BNO2. The van der Waals surface area contributed by atoms with Gasteiger partial charge in [0.25, 0.3) is 0 Å². The van der Waals surface area contributed by atoms with Crippen LogP contribution in [0.3, 0.4) is 0 Å². The van der Waals surface area contributed by atoms with Gasteiger partial charge in [0.2, 0.25) is 19.2 Å². The number of rotatable bonds is 1. The molecule has 0 spiro atoms. The van der Waals surface area contributed by atoms with E-state index >= 15 is 0 Å². The van der Waals surface area contributed by atoms with Crippen LogP contribution in [0.2, 0.25) is 6.82 Å². The van der Waals surface area contributed by atoms with Crippen LogP contribution in [0.25, 0.3) is 0 Å². The van der Waals surface area contributed by atoms with E-state index in [-0.39, 0.29) is 17.7 Å². The number of carbonyl (C=O) groups excluding carboxylic acids is 2. The standard InChI is InChI=1S/C6H10BNO2/c1-4-3-5(9)8(7-2)6(4)10/h4,7H,3H2,1-2H3. The Bertz CT molecular complexity index is 181. The summed E-state index contributed by atoms with van der Waals surface area (Å²) in [5.41, 5.74) is 0. The number of nitrogens with zero attached hydrogens (tertiary/aromatic N) is 1. The SMILES string of the molecule is CBN1C(=O)CC(C)C1=O. The van der Waals surface area contributed by atoms with Gasteiger partial charge in [-0.05, 0) is 0 Å². The van der Waals surface area contributed by atoms with E-state index in [1.54, 1.807) is 6.92 Å². The van der Waals surface area contributed by atoms with Crippen molar-refractivity contribution in [3.8, 4) is 0 Å². The summed E-state index contributed by atoms with van der Waals surface area (Å²) in [6.07, 6.45) is 0.396. The minimum absolute atomic E-state index is 0.0208. The predicted molar refractivity (Wildman–Crippen MR) is 38.6 cm³/mol. The molecule has 0 saturated carbocycles. The van der Waals surface area contributed by atoms with Crippen LogP contribution in [-0.4, -0.2) is 24.0 Å². The lowest BCUT2D eigenvalue weighted by atomic mass is 9.96. The van der Waals surface area contributed by atoms with Gasteiger partial charge in [0.1, 0.15) is 0 Å². The molecule has 1 rings (SSSR count). The molecule has 0 bridgehead atoms. The van der Waals surface area contributed by atoms with E-state index < -0.39 is 0 Å². The first-order chi connectivity index (χ1) is 4.66. The lowest BCUT2D eigenvalue weighted by Gasteiger charge is -2.08. The molecule has 1 atom stereocenters. The first-order valence-corrected chi connectivity index (χ1v) is 3.51. The van der Waals surface area contributed by atoms with Gasteiger partial charge in [-0.3, -0.25) is 9.59 Å². The molecule has 54 valence electrons. The highest BCUT2D eigenvalue weighted by Crippen LogP contribution is 2.16. The monoisotopic (exact) mass is 139 g/mol. The zero-order valence-electron chi connectivity index (χ0n) is 6.26. The summed E-state index contributed by atoms with van der Waals surface area (Å²) in [5.74, 6) is -0.139. The summed E-state index contributed by atoms with van der Waals surface area (Å²) in [6, 6.07) is 0. The molecule has 4 heteroatoms. The Hall–Kier alpha value is -0.795. The van der Waals surface area contributed by atoms with Crippen molar-refractivity contribution in [3.05, 3.63) is 0 Å². The van der Waals surface area contributed by atoms with Crippen molar-refractivity contribution in [2.45, 2.75) is 20.2 Å². The molecule has 1 aliphatic rings. The van der Waals surface area contributed by atoms with Crippen molar-refractivity contribution >= 4 is 19.2 Å². The van der Waals surface area contributed by atoms with E-state index in [2.05, 4.69) is 0 Å². The van der Waals surface area contributed by atoms with Gasteiger partial charge in [-0.25, -0.2) is 0 Å². The highest BCUT2D eigenvalue weighted by molar-refractivity contribution is 6.42. The van der Waals surface area contributed by atoms with Gasteiger partial charge in [0.05, 0.1) is 0 Å². The molecule has 1 heterocycles. The highest BCUT2D eigenvalue weighted by Gasteiger charge is 2.33. The van der Waals surface area contributed by atoms with Crippen LogP contribution in [-0.2, 0) is 9.59 Å². The van der Waals surface area contributed by atoms with Crippen LogP contribution in [0, 0.1) is 5.92 Å². The fourth-order valence-electron chi connectivity index (χ4n) is 1.18. The molecule has 0 radical (unpaired) electrons. The quantitative estimate of drug-likeness (QED) is 0.372.